The highest BCUT2D eigenvalue weighted by atomic mass is 16.7. The SMILES string of the molecule is CN[C@@H]1[C@@H](O)[C@@H](O[C@@H]2[C@@H](O)[C@H](O[C@H]3OC(CNCC(O)CCN)=CC[C@H]3N)[C@@H](N)C[C@H]2NC(=O)C(O)C2CCC2)OC[C@]1(C)O. The number of aliphatic hydroxyl groups excluding tert-OH is 4. The zero-order chi connectivity index (χ0) is 32.9. The lowest BCUT2D eigenvalue weighted by molar-refractivity contribution is -0.304. The second kappa shape index (κ2) is 16.1. The molecular formula is C29H54N6O10. The van der Waals surface area contributed by atoms with Crippen LogP contribution in [-0.4, -0.2) is 144 Å². The Balaban J connectivity index is 1.46. The van der Waals surface area contributed by atoms with E-state index in [1.165, 1.54) is 6.92 Å². The lowest BCUT2D eigenvalue weighted by Crippen LogP contribution is -2.69. The number of carbonyl (C=O) groups excluding carboxylic acids is 1. The molecule has 45 heavy (non-hydrogen) atoms. The lowest BCUT2D eigenvalue weighted by Gasteiger charge is -2.49. The van der Waals surface area contributed by atoms with Crippen LogP contribution in [0.15, 0.2) is 11.8 Å². The van der Waals surface area contributed by atoms with E-state index in [1.807, 2.05) is 6.08 Å². The molecule has 2 heterocycles. The second-order valence-corrected chi connectivity index (χ2v) is 13.1. The fourth-order valence-electron chi connectivity index (χ4n) is 6.41. The molecule has 13 atom stereocenters. The van der Waals surface area contributed by atoms with E-state index in [4.69, 9.17) is 36.1 Å². The minimum atomic E-state index is -1.44. The first-order valence-electron chi connectivity index (χ1n) is 16.0. The summed E-state index contributed by atoms with van der Waals surface area (Å²) in [6, 6.07) is -3.07. The van der Waals surface area contributed by atoms with Gasteiger partial charge in [-0.3, -0.25) is 4.79 Å². The summed E-state index contributed by atoms with van der Waals surface area (Å²) in [5, 5.41) is 62.6. The molecule has 2 saturated carbocycles. The van der Waals surface area contributed by atoms with Gasteiger partial charge in [-0.1, -0.05) is 6.42 Å². The molecule has 16 nitrogen and oxygen atoms in total. The minimum absolute atomic E-state index is 0.0940. The highest BCUT2D eigenvalue weighted by Crippen LogP contribution is 2.33. The van der Waals surface area contributed by atoms with Crippen molar-refractivity contribution in [2.75, 3.05) is 33.3 Å². The third-order valence-corrected chi connectivity index (χ3v) is 9.35. The summed E-state index contributed by atoms with van der Waals surface area (Å²) in [7, 11) is 1.59. The van der Waals surface area contributed by atoms with Crippen LogP contribution in [0, 0.1) is 5.92 Å². The molecule has 0 aromatic carbocycles. The monoisotopic (exact) mass is 646 g/mol. The van der Waals surface area contributed by atoms with Crippen LogP contribution in [0.2, 0.25) is 0 Å². The Morgan fingerprint density at radius 2 is 1.84 bits per heavy atom. The Hall–Kier alpha value is -1.51. The first-order valence-corrected chi connectivity index (χ1v) is 16.0. The molecule has 0 aromatic rings. The van der Waals surface area contributed by atoms with Crippen LogP contribution in [-0.2, 0) is 23.7 Å². The van der Waals surface area contributed by atoms with Gasteiger partial charge in [0, 0.05) is 12.6 Å². The highest BCUT2D eigenvalue weighted by molar-refractivity contribution is 5.81. The predicted molar refractivity (Wildman–Crippen MR) is 161 cm³/mol. The number of carbonyl (C=O) groups is 1. The molecule has 3 fully saturated rings. The van der Waals surface area contributed by atoms with Crippen molar-refractivity contribution >= 4 is 5.91 Å². The first-order chi connectivity index (χ1) is 21.4. The fourth-order valence-corrected chi connectivity index (χ4v) is 6.41. The standard InChI is InChI=1S/C29H54N6O10/c1-29(41)13-42-28(22(39)25(29)33-2)45-24-19(35-26(40)20(37)14-4-3-5-14)10-18(32)23(21(24)38)44-27-17(31)7-6-16(43-27)12-34-11-15(36)8-9-30/h6,14-15,17-25,27-28,33-34,36-39,41H,3-5,7-13,30-32H2,1-2H3,(H,35,40)/t15?,17-,18+,19-,20?,21+,22-,23-,24+,25-,27-,28-,29+/m1/s1. The Morgan fingerprint density at radius 3 is 2.49 bits per heavy atom. The van der Waals surface area contributed by atoms with Gasteiger partial charge in [-0.15, -0.1) is 0 Å². The number of nitrogens with two attached hydrogens (primary N) is 3. The van der Waals surface area contributed by atoms with Crippen molar-refractivity contribution in [1.82, 2.24) is 16.0 Å². The van der Waals surface area contributed by atoms with Crippen LogP contribution >= 0.6 is 0 Å². The van der Waals surface area contributed by atoms with Gasteiger partial charge in [0.15, 0.2) is 6.29 Å². The van der Waals surface area contributed by atoms with Gasteiger partial charge in [-0.2, -0.15) is 0 Å². The van der Waals surface area contributed by atoms with Crippen molar-refractivity contribution in [3.05, 3.63) is 11.8 Å². The number of aliphatic hydroxyl groups is 5. The number of likely N-dealkylation sites (N-methyl/N-ethyl adjacent to an activating group) is 1. The summed E-state index contributed by atoms with van der Waals surface area (Å²) in [6.45, 7) is 2.35. The zero-order valence-corrected chi connectivity index (χ0v) is 26.2. The summed E-state index contributed by atoms with van der Waals surface area (Å²) in [4.78, 5) is 13.0. The molecule has 2 unspecified atom stereocenters. The Morgan fingerprint density at radius 1 is 1.13 bits per heavy atom. The van der Waals surface area contributed by atoms with Gasteiger partial charge in [-0.25, -0.2) is 0 Å². The zero-order valence-electron chi connectivity index (χ0n) is 26.2. The molecule has 0 bridgehead atoms. The van der Waals surface area contributed by atoms with Gasteiger partial charge < -0.3 is 77.6 Å². The van der Waals surface area contributed by atoms with E-state index in [0.29, 0.717) is 38.2 Å². The van der Waals surface area contributed by atoms with Crippen molar-refractivity contribution in [2.45, 2.75) is 124 Å². The van der Waals surface area contributed by atoms with E-state index in [1.54, 1.807) is 7.05 Å². The van der Waals surface area contributed by atoms with E-state index in [2.05, 4.69) is 16.0 Å². The van der Waals surface area contributed by atoms with Gasteiger partial charge >= 0.3 is 0 Å². The average Bonchev–Trinajstić information content (AvgIpc) is 2.95. The largest absolute Gasteiger partial charge is 0.467 e. The molecular weight excluding hydrogens is 592 g/mol. The second-order valence-electron chi connectivity index (χ2n) is 13.1. The predicted octanol–water partition coefficient (Wildman–Crippen LogP) is -4.19. The Bertz CT molecular complexity index is 989. The number of hydrogen-bond acceptors (Lipinski definition) is 15. The highest BCUT2D eigenvalue weighted by Gasteiger charge is 2.52. The summed E-state index contributed by atoms with van der Waals surface area (Å²) in [5.41, 5.74) is 16.9. The molecule has 260 valence electrons. The Kier molecular flexibility index (Phi) is 13.0. The fraction of sp³-hybridized carbons (Fsp3) is 0.897. The first kappa shape index (κ1) is 36.3. The summed E-state index contributed by atoms with van der Waals surface area (Å²) in [6.07, 6.45) is -3.86. The number of amides is 1. The van der Waals surface area contributed by atoms with E-state index in [0.717, 1.165) is 19.3 Å². The number of ether oxygens (including phenoxy) is 4. The molecule has 0 aromatic heterocycles. The molecule has 2 aliphatic heterocycles. The molecule has 0 spiro atoms. The van der Waals surface area contributed by atoms with Gasteiger partial charge in [0.1, 0.15) is 41.9 Å². The third-order valence-electron chi connectivity index (χ3n) is 9.35. The van der Waals surface area contributed by atoms with E-state index in [-0.39, 0.29) is 18.9 Å². The minimum Gasteiger partial charge on any atom is -0.467 e. The summed E-state index contributed by atoms with van der Waals surface area (Å²) >= 11 is 0. The number of rotatable bonds is 14. The van der Waals surface area contributed by atoms with Gasteiger partial charge in [0.25, 0.3) is 0 Å². The molecule has 14 N–H and O–H groups in total. The quantitative estimate of drug-likeness (QED) is 0.0854. The maximum atomic E-state index is 13.0. The molecule has 0 radical (unpaired) electrons. The molecule has 4 aliphatic rings. The van der Waals surface area contributed by atoms with Crippen molar-refractivity contribution in [2.24, 2.45) is 23.1 Å². The van der Waals surface area contributed by atoms with Crippen LogP contribution in [0.3, 0.4) is 0 Å². The summed E-state index contributed by atoms with van der Waals surface area (Å²) in [5.74, 6) is -0.197. The van der Waals surface area contributed by atoms with Gasteiger partial charge in [0.05, 0.1) is 37.4 Å². The van der Waals surface area contributed by atoms with Crippen molar-refractivity contribution in [3.8, 4) is 0 Å². The maximum absolute atomic E-state index is 13.0. The van der Waals surface area contributed by atoms with Crippen molar-refractivity contribution in [1.29, 1.82) is 0 Å². The van der Waals surface area contributed by atoms with Crippen molar-refractivity contribution in [3.63, 3.8) is 0 Å². The maximum Gasteiger partial charge on any atom is 0.249 e. The summed E-state index contributed by atoms with van der Waals surface area (Å²) < 4.78 is 24.0. The number of hydrogen-bond donors (Lipinski definition) is 11. The number of nitrogens with one attached hydrogen (secondary N) is 3. The average molecular weight is 647 g/mol. The van der Waals surface area contributed by atoms with Gasteiger partial charge in [0.2, 0.25) is 12.2 Å². The smallest absolute Gasteiger partial charge is 0.249 e. The van der Waals surface area contributed by atoms with Crippen LogP contribution < -0.4 is 33.2 Å². The molecule has 16 heteroatoms. The van der Waals surface area contributed by atoms with Crippen molar-refractivity contribution < 1.29 is 49.3 Å². The van der Waals surface area contributed by atoms with Crippen LogP contribution in [0.25, 0.3) is 0 Å². The van der Waals surface area contributed by atoms with E-state index < -0.39 is 84.9 Å². The van der Waals surface area contributed by atoms with Crippen LogP contribution in [0.1, 0.15) is 45.4 Å². The van der Waals surface area contributed by atoms with Gasteiger partial charge in [-0.05, 0) is 64.6 Å². The molecule has 4 rings (SSSR count). The third kappa shape index (κ3) is 8.90. The van der Waals surface area contributed by atoms with E-state index in [9.17, 15) is 30.3 Å². The molecule has 1 amide bonds. The molecule has 1 saturated heterocycles. The van der Waals surface area contributed by atoms with Crippen LogP contribution in [0.4, 0.5) is 0 Å². The van der Waals surface area contributed by atoms with Crippen LogP contribution in [0.5, 0.6) is 0 Å². The molecule has 2 aliphatic carbocycles. The van der Waals surface area contributed by atoms with E-state index >= 15 is 0 Å². The normalized spacial score (nSPS) is 40.5. The lowest BCUT2D eigenvalue weighted by atomic mass is 9.80. The Labute approximate surface area is 264 Å². The topological polar surface area (TPSA) is 269 Å².